The Balaban J connectivity index is 1.95. The summed E-state index contributed by atoms with van der Waals surface area (Å²) in [7, 11) is 1.91. The van der Waals surface area contributed by atoms with Crippen LogP contribution in [0.1, 0.15) is 24.4 Å². The lowest BCUT2D eigenvalue weighted by atomic mass is 10.0. The van der Waals surface area contributed by atoms with Gasteiger partial charge in [0.1, 0.15) is 12.1 Å². The molecule has 0 fully saturated rings. The van der Waals surface area contributed by atoms with Gasteiger partial charge in [0.2, 0.25) is 0 Å². The summed E-state index contributed by atoms with van der Waals surface area (Å²) in [6.07, 6.45) is 3.46. The first-order valence-corrected chi connectivity index (χ1v) is 8.78. The van der Waals surface area contributed by atoms with Crippen LogP contribution in [-0.2, 0) is 7.05 Å². The molecule has 0 N–H and O–H groups in total. The lowest BCUT2D eigenvalue weighted by molar-refractivity contribution is 0.577. The minimum absolute atomic E-state index is 0.110. The Labute approximate surface area is 157 Å². The minimum atomic E-state index is -0.261. The monoisotopic (exact) mass is 361 g/mol. The second-order valence-corrected chi connectivity index (χ2v) is 6.71. The molecule has 5 nitrogen and oxygen atoms in total. The molecule has 0 saturated carbocycles. The fourth-order valence-corrected chi connectivity index (χ4v) is 3.42. The quantitative estimate of drug-likeness (QED) is 0.541. The van der Waals surface area contributed by atoms with Gasteiger partial charge in [-0.2, -0.15) is 0 Å². The highest BCUT2D eigenvalue weighted by Gasteiger charge is 2.22. The van der Waals surface area contributed by atoms with Gasteiger partial charge >= 0.3 is 0 Å². The smallest absolute Gasteiger partial charge is 0.155 e. The largest absolute Gasteiger partial charge is 0.319 e. The highest BCUT2D eigenvalue weighted by atomic mass is 19.1. The van der Waals surface area contributed by atoms with Gasteiger partial charge in [-0.25, -0.2) is 9.37 Å². The molecule has 0 spiro atoms. The molecule has 2 aromatic carbocycles. The topological polar surface area (TPSA) is 48.5 Å². The number of aromatic nitrogens is 5. The highest BCUT2D eigenvalue weighted by molar-refractivity contribution is 5.79. The summed E-state index contributed by atoms with van der Waals surface area (Å²) >= 11 is 0. The average molecular weight is 361 g/mol. The molecule has 27 heavy (non-hydrogen) atoms. The van der Waals surface area contributed by atoms with Gasteiger partial charge in [-0.1, -0.05) is 30.3 Å². The van der Waals surface area contributed by atoms with Gasteiger partial charge in [-0.3, -0.25) is 0 Å². The molecule has 0 unspecified atom stereocenters. The molecule has 4 aromatic rings. The Morgan fingerprint density at radius 2 is 1.78 bits per heavy atom. The molecule has 2 aromatic heterocycles. The third-order valence-corrected chi connectivity index (χ3v) is 4.69. The van der Waals surface area contributed by atoms with Crippen molar-refractivity contribution < 1.29 is 4.39 Å². The van der Waals surface area contributed by atoms with E-state index >= 15 is 0 Å². The third-order valence-electron chi connectivity index (χ3n) is 4.69. The number of nitrogens with zero attached hydrogens (tertiary/aromatic N) is 5. The zero-order valence-corrected chi connectivity index (χ0v) is 15.5. The Kier molecular flexibility index (Phi) is 4.32. The molecular weight excluding hydrogens is 341 g/mol. The Morgan fingerprint density at radius 1 is 1.00 bits per heavy atom. The van der Waals surface area contributed by atoms with Crippen molar-refractivity contribution in [2.75, 3.05) is 0 Å². The van der Waals surface area contributed by atoms with Crippen molar-refractivity contribution in [3.8, 4) is 22.5 Å². The molecule has 4 rings (SSSR count). The maximum absolute atomic E-state index is 14.2. The molecule has 136 valence electrons. The minimum Gasteiger partial charge on any atom is -0.319 e. The molecule has 6 heteroatoms. The Hall–Kier alpha value is -3.28. The van der Waals surface area contributed by atoms with Crippen LogP contribution in [0.4, 0.5) is 4.39 Å². The summed E-state index contributed by atoms with van der Waals surface area (Å²) in [4.78, 5) is 4.67. The summed E-state index contributed by atoms with van der Waals surface area (Å²) in [6.45, 7) is 3.93. The lowest BCUT2D eigenvalue weighted by Gasteiger charge is -2.17. The van der Waals surface area contributed by atoms with E-state index in [0.717, 1.165) is 33.9 Å². The van der Waals surface area contributed by atoms with E-state index in [1.807, 2.05) is 66.4 Å². The lowest BCUT2D eigenvalue weighted by Crippen LogP contribution is -2.12. The number of aryl methyl sites for hydroxylation is 2. The third kappa shape index (κ3) is 3.14. The highest BCUT2D eigenvalue weighted by Crippen LogP contribution is 2.35. The predicted molar refractivity (Wildman–Crippen MR) is 103 cm³/mol. The predicted octanol–water partition coefficient (Wildman–Crippen LogP) is 4.40. The van der Waals surface area contributed by atoms with Crippen LogP contribution < -0.4 is 0 Å². The van der Waals surface area contributed by atoms with Crippen molar-refractivity contribution >= 4 is 0 Å². The van der Waals surface area contributed by atoms with Crippen LogP contribution in [-0.4, -0.2) is 24.3 Å². The fraction of sp³-hybridized carbons (Fsp3) is 0.190. The molecule has 0 radical (unpaired) electrons. The van der Waals surface area contributed by atoms with Gasteiger partial charge in [0.25, 0.3) is 0 Å². The van der Waals surface area contributed by atoms with Gasteiger partial charge in [0.15, 0.2) is 5.82 Å². The second-order valence-electron chi connectivity index (χ2n) is 6.71. The summed E-state index contributed by atoms with van der Waals surface area (Å²) in [5.74, 6) is 0.546. The molecule has 2 heterocycles. The van der Waals surface area contributed by atoms with E-state index in [1.54, 1.807) is 18.7 Å². The Bertz CT molecular complexity index is 1060. The van der Waals surface area contributed by atoms with E-state index in [4.69, 9.17) is 0 Å². The van der Waals surface area contributed by atoms with E-state index in [9.17, 15) is 4.39 Å². The zero-order valence-electron chi connectivity index (χ0n) is 15.5. The first kappa shape index (κ1) is 17.1. The van der Waals surface area contributed by atoms with Crippen LogP contribution in [0.25, 0.3) is 22.5 Å². The Morgan fingerprint density at radius 3 is 2.44 bits per heavy atom. The molecule has 0 bridgehead atoms. The van der Waals surface area contributed by atoms with E-state index in [0.29, 0.717) is 0 Å². The summed E-state index contributed by atoms with van der Waals surface area (Å²) in [5.41, 5.74) is 4.31. The summed E-state index contributed by atoms with van der Waals surface area (Å²) in [5, 5.41) is 8.22. The maximum Gasteiger partial charge on any atom is 0.155 e. The van der Waals surface area contributed by atoms with E-state index in [-0.39, 0.29) is 11.9 Å². The van der Waals surface area contributed by atoms with Crippen LogP contribution >= 0.6 is 0 Å². The van der Waals surface area contributed by atoms with E-state index < -0.39 is 0 Å². The number of halogens is 1. The number of rotatable bonds is 4. The standard InChI is InChI=1S/C21H20FN5/c1-14-9-17(11-18(22)10-14)20-19(16-7-5-4-6-8-16)23-12-27(20)15(2)21-25-24-13-26(21)3/h4-13,15H,1-3H3/t15-/m1/s1. The van der Waals surface area contributed by atoms with Crippen LogP contribution in [0.3, 0.4) is 0 Å². The average Bonchev–Trinajstić information content (AvgIpc) is 3.27. The molecule has 0 aliphatic heterocycles. The van der Waals surface area contributed by atoms with Gasteiger partial charge in [0, 0.05) is 18.2 Å². The first-order valence-electron chi connectivity index (χ1n) is 8.78. The van der Waals surface area contributed by atoms with Crippen LogP contribution in [0, 0.1) is 12.7 Å². The number of hydrogen-bond donors (Lipinski definition) is 0. The number of imidazole rings is 1. The molecule has 0 saturated heterocycles. The van der Waals surface area contributed by atoms with Crippen molar-refractivity contribution in [1.29, 1.82) is 0 Å². The fourth-order valence-electron chi connectivity index (χ4n) is 3.42. The second kappa shape index (κ2) is 6.79. The van der Waals surface area contributed by atoms with Crippen molar-refractivity contribution in [2.45, 2.75) is 19.9 Å². The molecule has 0 aliphatic carbocycles. The zero-order chi connectivity index (χ0) is 19.0. The molecule has 0 amide bonds. The van der Waals surface area contributed by atoms with E-state index in [1.165, 1.54) is 6.07 Å². The summed E-state index contributed by atoms with van der Waals surface area (Å²) < 4.78 is 18.1. The van der Waals surface area contributed by atoms with Gasteiger partial charge in [-0.15, -0.1) is 10.2 Å². The molecule has 1 atom stereocenters. The SMILES string of the molecule is Cc1cc(F)cc(-c2c(-c3ccccc3)ncn2[C@H](C)c2nncn2C)c1. The number of hydrogen-bond acceptors (Lipinski definition) is 3. The van der Waals surface area contributed by atoms with E-state index in [2.05, 4.69) is 15.2 Å². The first-order chi connectivity index (χ1) is 13.0. The normalized spacial score (nSPS) is 12.3. The van der Waals surface area contributed by atoms with Crippen molar-refractivity contribution in [3.05, 3.63) is 78.4 Å². The van der Waals surface area contributed by atoms with Crippen molar-refractivity contribution in [3.63, 3.8) is 0 Å². The number of benzene rings is 2. The van der Waals surface area contributed by atoms with Crippen LogP contribution in [0.5, 0.6) is 0 Å². The van der Waals surface area contributed by atoms with Gasteiger partial charge in [0.05, 0.1) is 23.8 Å². The van der Waals surface area contributed by atoms with Crippen LogP contribution in [0.15, 0.2) is 61.2 Å². The maximum atomic E-state index is 14.2. The summed E-state index contributed by atoms with van der Waals surface area (Å²) in [6, 6.07) is 14.9. The molecular formula is C21H20FN5. The van der Waals surface area contributed by atoms with Gasteiger partial charge < -0.3 is 9.13 Å². The van der Waals surface area contributed by atoms with Gasteiger partial charge in [-0.05, 0) is 37.6 Å². The van der Waals surface area contributed by atoms with Crippen molar-refractivity contribution in [1.82, 2.24) is 24.3 Å². The van der Waals surface area contributed by atoms with Crippen LogP contribution in [0.2, 0.25) is 0 Å². The molecule has 0 aliphatic rings. The van der Waals surface area contributed by atoms with Crippen molar-refractivity contribution in [2.24, 2.45) is 7.05 Å².